The number of esters is 1. The molecule has 2 heterocycles. The number of nitrogens with two attached hydrogens (primary N) is 2. The SMILES string of the molecule is CCOC(=O)C1CCN(c2ncnc(N)c2N)CC1. The Bertz CT molecular complexity index is 457. The normalized spacial score (nSPS) is 16.4. The quantitative estimate of drug-likeness (QED) is 0.762. The van der Waals surface area contributed by atoms with Crippen LogP contribution in [0.4, 0.5) is 17.3 Å². The Labute approximate surface area is 111 Å². The number of hydrogen-bond acceptors (Lipinski definition) is 7. The minimum absolute atomic E-state index is 0.0309. The van der Waals surface area contributed by atoms with E-state index in [4.69, 9.17) is 16.2 Å². The Morgan fingerprint density at radius 3 is 2.74 bits per heavy atom. The summed E-state index contributed by atoms with van der Waals surface area (Å²) in [5.41, 5.74) is 11.9. The molecule has 4 N–H and O–H groups in total. The van der Waals surface area contributed by atoms with Gasteiger partial charge in [-0.15, -0.1) is 0 Å². The number of nitrogen functional groups attached to an aromatic ring is 2. The zero-order chi connectivity index (χ0) is 13.8. The number of hydrogen-bond donors (Lipinski definition) is 2. The Kier molecular flexibility index (Phi) is 4.03. The van der Waals surface area contributed by atoms with Gasteiger partial charge in [0.25, 0.3) is 0 Å². The summed E-state index contributed by atoms with van der Waals surface area (Å²) in [7, 11) is 0. The van der Waals surface area contributed by atoms with E-state index in [9.17, 15) is 4.79 Å². The van der Waals surface area contributed by atoms with Crippen molar-refractivity contribution in [3.05, 3.63) is 6.33 Å². The maximum absolute atomic E-state index is 11.7. The van der Waals surface area contributed by atoms with Crippen LogP contribution in [0, 0.1) is 5.92 Å². The van der Waals surface area contributed by atoms with Crippen LogP contribution in [0.25, 0.3) is 0 Å². The Morgan fingerprint density at radius 1 is 1.42 bits per heavy atom. The second-order valence-electron chi connectivity index (χ2n) is 4.51. The third-order valence-corrected chi connectivity index (χ3v) is 3.31. The summed E-state index contributed by atoms with van der Waals surface area (Å²) in [4.78, 5) is 21.7. The third kappa shape index (κ3) is 2.86. The predicted octanol–water partition coefficient (Wildman–Crippen LogP) is 0.421. The lowest BCUT2D eigenvalue weighted by Gasteiger charge is -2.32. The molecule has 0 bridgehead atoms. The predicted molar refractivity (Wildman–Crippen MR) is 72.4 cm³/mol. The van der Waals surface area contributed by atoms with Gasteiger partial charge >= 0.3 is 5.97 Å². The summed E-state index contributed by atoms with van der Waals surface area (Å²) in [5, 5.41) is 0. The zero-order valence-electron chi connectivity index (χ0n) is 11.0. The van der Waals surface area contributed by atoms with E-state index in [1.165, 1.54) is 6.33 Å². The number of piperidine rings is 1. The van der Waals surface area contributed by atoms with E-state index in [2.05, 4.69) is 9.97 Å². The van der Waals surface area contributed by atoms with E-state index >= 15 is 0 Å². The molecule has 1 saturated heterocycles. The largest absolute Gasteiger partial charge is 0.466 e. The summed E-state index contributed by atoms with van der Waals surface area (Å²) in [6.45, 7) is 3.67. The molecule has 1 aliphatic rings. The van der Waals surface area contributed by atoms with Crippen molar-refractivity contribution in [3.8, 4) is 0 Å². The Hall–Kier alpha value is -2.05. The number of carbonyl (C=O) groups excluding carboxylic acids is 1. The average Bonchev–Trinajstić information content (AvgIpc) is 2.42. The molecule has 1 aliphatic heterocycles. The molecule has 0 aromatic carbocycles. The van der Waals surface area contributed by atoms with Crippen molar-refractivity contribution < 1.29 is 9.53 Å². The number of anilines is 3. The number of rotatable bonds is 3. The van der Waals surface area contributed by atoms with Crippen LogP contribution in [0.1, 0.15) is 19.8 Å². The number of nitrogens with zero attached hydrogens (tertiary/aromatic N) is 3. The molecule has 19 heavy (non-hydrogen) atoms. The summed E-state index contributed by atoms with van der Waals surface area (Å²) in [6.07, 6.45) is 2.88. The second-order valence-corrected chi connectivity index (χ2v) is 4.51. The highest BCUT2D eigenvalue weighted by atomic mass is 16.5. The minimum atomic E-state index is -0.114. The lowest BCUT2D eigenvalue weighted by molar-refractivity contribution is -0.148. The fraction of sp³-hybridized carbons (Fsp3) is 0.583. The van der Waals surface area contributed by atoms with Gasteiger partial charge in [0, 0.05) is 13.1 Å². The molecule has 7 nitrogen and oxygen atoms in total. The van der Waals surface area contributed by atoms with Crippen molar-refractivity contribution in [1.82, 2.24) is 9.97 Å². The molecule has 0 radical (unpaired) electrons. The van der Waals surface area contributed by atoms with E-state index in [0.717, 1.165) is 12.8 Å². The number of ether oxygens (including phenoxy) is 1. The van der Waals surface area contributed by atoms with Crippen molar-refractivity contribution in [3.63, 3.8) is 0 Å². The second kappa shape index (κ2) is 5.73. The molecule has 1 aromatic rings. The van der Waals surface area contributed by atoms with Crippen LogP contribution in [-0.4, -0.2) is 35.6 Å². The van der Waals surface area contributed by atoms with Crippen LogP contribution < -0.4 is 16.4 Å². The first kappa shape index (κ1) is 13.4. The van der Waals surface area contributed by atoms with Gasteiger partial charge in [-0.3, -0.25) is 4.79 Å². The Balaban J connectivity index is 2.00. The molecule has 1 aromatic heterocycles. The standard InChI is InChI=1S/C12H19N5O2/c1-2-19-12(18)8-3-5-17(6-4-8)11-9(13)10(14)15-7-16-11/h7-8H,2-6,13H2,1H3,(H2,14,15,16). The molecular formula is C12H19N5O2. The van der Waals surface area contributed by atoms with Gasteiger partial charge < -0.3 is 21.1 Å². The minimum Gasteiger partial charge on any atom is -0.466 e. The maximum atomic E-state index is 11.7. The fourth-order valence-electron chi connectivity index (χ4n) is 2.24. The fourth-order valence-corrected chi connectivity index (χ4v) is 2.24. The van der Waals surface area contributed by atoms with Gasteiger partial charge in [-0.1, -0.05) is 0 Å². The van der Waals surface area contributed by atoms with Crippen molar-refractivity contribution in [1.29, 1.82) is 0 Å². The topological polar surface area (TPSA) is 107 Å². The average molecular weight is 265 g/mol. The highest BCUT2D eigenvalue weighted by molar-refractivity contribution is 5.75. The molecule has 0 spiro atoms. The van der Waals surface area contributed by atoms with Crippen LogP contribution in [0.2, 0.25) is 0 Å². The van der Waals surface area contributed by atoms with E-state index in [0.29, 0.717) is 31.2 Å². The lowest BCUT2D eigenvalue weighted by Crippen LogP contribution is -2.37. The molecule has 2 rings (SSSR count). The molecule has 1 fully saturated rings. The smallest absolute Gasteiger partial charge is 0.309 e. The molecule has 7 heteroatoms. The lowest BCUT2D eigenvalue weighted by atomic mass is 9.97. The van der Waals surface area contributed by atoms with Gasteiger partial charge in [-0.25, -0.2) is 9.97 Å². The van der Waals surface area contributed by atoms with Crippen molar-refractivity contribution >= 4 is 23.3 Å². The van der Waals surface area contributed by atoms with Gasteiger partial charge in [0.15, 0.2) is 11.6 Å². The van der Waals surface area contributed by atoms with Gasteiger partial charge in [0.05, 0.1) is 12.5 Å². The molecule has 0 amide bonds. The summed E-state index contributed by atoms with van der Waals surface area (Å²) in [6, 6.07) is 0. The molecule has 0 aliphatic carbocycles. The summed E-state index contributed by atoms with van der Waals surface area (Å²) in [5.74, 6) is 0.793. The van der Waals surface area contributed by atoms with Crippen molar-refractivity contribution in [2.45, 2.75) is 19.8 Å². The van der Waals surface area contributed by atoms with E-state index in [-0.39, 0.29) is 17.7 Å². The Morgan fingerprint density at radius 2 is 2.11 bits per heavy atom. The first-order valence-electron chi connectivity index (χ1n) is 6.41. The zero-order valence-corrected chi connectivity index (χ0v) is 11.0. The molecular weight excluding hydrogens is 246 g/mol. The van der Waals surface area contributed by atoms with Gasteiger partial charge in [0.2, 0.25) is 0 Å². The van der Waals surface area contributed by atoms with Crippen LogP contribution in [0.3, 0.4) is 0 Å². The van der Waals surface area contributed by atoms with Crippen LogP contribution >= 0.6 is 0 Å². The first-order chi connectivity index (χ1) is 9.13. The molecule has 0 unspecified atom stereocenters. The summed E-state index contributed by atoms with van der Waals surface area (Å²) >= 11 is 0. The first-order valence-corrected chi connectivity index (χ1v) is 6.41. The monoisotopic (exact) mass is 265 g/mol. The molecule has 104 valence electrons. The number of carbonyl (C=O) groups is 1. The highest BCUT2D eigenvalue weighted by Crippen LogP contribution is 2.28. The molecule has 0 saturated carbocycles. The summed E-state index contributed by atoms with van der Waals surface area (Å²) < 4.78 is 5.04. The van der Waals surface area contributed by atoms with Crippen molar-refractivity contribution in [2.24, 2.45) is 5.92 Å². The van der Waals surface area contributed by atoms with E-state index in [1.807, 2.05) is 11.8 Å². The van der Waals surface area contributed by atoms with Crippen molar-refractivity contribution in [2.75, 3.05) is 36.1 Å². The van der Waals surface area contributed by atoms with Gasteiger partial charge in [-0.05, 0) is 19.8 Å². The van der Waals surface area contributed by atoms with Crippen LogP contribution in [-0.2, 0) is 9.53 Å². The molecule has 0 atom stereocenters. The van der Waals surface area contributed by atoms with E-state index in [1.54, 1.807) is 0 Å². The number of aromatic nitrogens is 2. The van der Waals surface area contributed by atoms with Gasteiger partial charge in [-0.2, -0.15) is 0 Å². The van der Waals surface area contributed by atoms with Crippen LogP contribution in [0.15, 0.2) is 6.33 Å². The highest BCUT2D eigenvalue weighted by Gasteiger charge is 2.27. The van der Waals surface area contributed by atoms with E-state index < -0.39 is 0 Å². The van der Waals surface area contributed by atoms with Gasteiger partial charge in [0.1, 0.15) is 12.0 Å². The van der Waals surface area contributed by atoms with Crippen LogP contribution in [0.5, 0.6) is 0 Å². The third-order valence-electron chi connectivity index (χ3n) is 3.31. The maximum Gasteiger partial charge on any atom is 0.309 e.